The topological polar surface area (TPSA) is 12.0 Å². The lowest BCUT2D eigenvalue weighted by atomic mass is 9.79. The maximum Gasteiger partial charge on any atom is 0.00415 e. The molecular formula is C14H29N. The van der Waals surface area contributed by atoms with Crippen molar-refractivity contribution in [3.05, 3.63) is 0 Å². The predicted octanol–water partition coefficient (Wildman–Crippen LogP) is 3.84. The number of hydrogen-bond acceptors (Lipinski definition) is 1. The highest BCUT2D eigenvalue weighted by atomic mass is 14.9. The second-order valence-electron chi connectivity index (χ2n) is 6.46. The van der Waals surface area contributed by atoms with Gasteiger partial charge < -0.3 is 5.32 Å². The summed E-state index contributed by atoms with van der Waals surface area (Å²) in [6, 6.07) is 0.702. The van der Waals surface area contributed by atoms with E-state index in [9.17, 15) is 0 Å². The summed E-state index contributed by atoms with van der Waals surface area (Å²) in [5.74, 6) is 1.77. The summed E-state index contributed by atoms with van der Waals surface area (Å²) in [5, 5.41) is 3.70. The molecule has 90 valence electrons. The smallest absolute Gasteiger partial charge is 0.00415 e. The molecule has 0 spiro atoms. The molecule has 1 fully saturated rings. The lowest BCUT2D eigenvalue weighted by Crippen LogP contribution is -2.39. The van der Waals surface area contributed by atoms with Crippen molar-refractivity contribution >= 4 is 0 Å². The summed E-state index contributed by atoms with van der Waals surface area (Å²) < 4.78 is 0. The minimum Gasteiger partial charge on any atom is -0.314 e. The Kier molecular flexibility index (Phi) is 4.64. The van der Waals surface area contributed by atoms with E-state index < -0.39 is 0 Å². The fourth-order valence-corrected chi connectivity index (χ4v) is 1.95. The molecule has 0 aromatic rings. The summed E-state index contributed by atoms with van der Waals surface area (Å²) in [5.41, 5.74) is 0.424. The molecule has 15 heavy (non-hydrogen) atoms. The Morgan fingerprint density at radius 3 is 2.20 bits per heavy atom. The lowest BCUT2D eigenvalue weighted by Gasteiger charge is -2.33. The molecule has 1 heteroatoms. The Morgan fingerprint density at radius 2 is 1.80 bits per heavy atom. The van der Waals surface area contributed by atoms with Gasteiger partial charge in [0.2, 0.25) is 0 Å². The molecule has 1 atom stereocenters. The zero-order valence-corrected chi connectivity index (χ0v) is 11.3. The summed E-state index contributed by atoms with van der Waals surface area (Å²) in [6.07, 6.45) is 5.79. The van der Waals surface area contributed by atoms with E-state index in [4.69, 9.17) is 0 Å². The zero-order chi connectivity index (χ0) is 11.5. The Hall–Kier alpha value is -0.0400. The number of hydrogen-bond donors (Lipinski definition) is 1. The van der Waals surface area contributed by atoms with E-state index in [2.05, 4.69) is 39.9 Å². The third-order valence-electron chi connectivity index (χ3n) is 4.38. The van der Waals surface area contributed by atoms with E-state index in [1.807, 2.05) is 0 Å². The number of nitrogens with one attached hydrogen (secondary N) is 1. The van der Waals surface area contributed by atoms with Crippen LogP contribution < -0.4 is 5.32 Å². The van der Waals surface area contributed by atoms with E-state index in [1.54, 1.807) is 0 Å². The van der Waals surface area contributed by atoms with E-state index in [-0.39, 0.29) is 0 Å². The summed E-state index contributed by atoms with van der Waals surface area (Å²) in [7, 11) is 0. The van der Waals surface area contributed by atoms with Gasteiger partial charge in [0.05, 0.1) is 0 Å². The van der Waals surface area contributed by atoms with Crippen molar-refractivity contribution < 1.29 is 0 Å². The fourth-order valence-electron chi connectivity index (χ4n) is 1.95. The SMILES string of the molecule is CC(CC1CCC1)NCC(C)(C)C(C)C. The lowest BCUT2D eigenvalue weighted by molar-refractivity contribution is 0.210. The highest BCUT2D eigenvalue weighted by Gasteiger charge is 2.24. The second kappa shape index (κ2) is 5.34. The van der Waals surface area contributed by atoms with Crippen molar-refractivity contribution in [3.63, 3.8) is 0 Å². The molecule has 1 N–H and O–H groups in total. The van der Waals surface area contributed by atoms with Crippen molar-refractivity contribution in [1.29, 1.82) is 0 Å². The molecule has 0 aromatic carbocycles. The van der Waals surface area contributed by atoms with Crippen LogP contribution >= 0.6 is 0 Å². The minimum atomic E-state index is 0.424. The number of rotatable bonds is 6. The molecule has 1 aliphatic rings. The van der Waals surface area contributed by atoms with Gasteiger partial charge in [0, 0.05) is 12.6 Å². The quantitative estimate of drug-likeness (QED) is 0.704. The second-order valence-corrected chi connectivity index (χ2v) is 6.46. The van der Waals surface area contributed by atoms with Gasteiger partial charge in [-0.3, -0.25) is 0 Å². The van der Waals surface area contributed by atoms with Gasteiger partial charge in [0.25, 0.3) is 0 Å². The molecule has 0 radical (unpaired) electrons. The largest absolute Gasteiger partial charge is 0.314 e. The monoisotopic (exact) mass is 211 g/mol. The average Bonchev–Trinajstić information content (AvgIpc) is 2.08. The Balaban J connectivity index is 2.17. The van der Waals surface area contributed by atoms with Crippen molar-refractivity contribution in [3.8, 4) is 0 Å². The first-order valence-corrected chi connectivity index (χ1v) is 6.65. The van der Waals surface area contributed by atoms with Crippen molar-refractivity contribution in [2.24, 2.45) is 17.3 Å². The van der Waals surface area contributed by atoms with Crippen LogP contribution in [0.5, 0.6) is 0 Å². The van der Waals surface area contributed by atoms with Gasteiger partial charge in [0.1, 0.15) is 0 Å². The first-order chi connectivity index (χ1) is 6.92. The summed E-state index contributed by atoms with van der Waals surface area (Å²) in [6.45, 7) is 12.9. The molecule has 0 amide bonds. The summed E-state index contributed by atoms with van der Waals surface area (Å²) in [4.78, 5) is 0. The maximum atomic E-state index is 3.70. The maximum absolute atomic E-state index is 3.70. The van der Waals surface area contributed by atoms with Crippen molar-refractivity contribution in [2.75, 3.05) is 6.54 Å². The molecule has 1 rings (SSSR count). The van der Waals surface area contributed by atoms with E-state index >= 15 is 0 Å². The molecule has 0 aliphatic heterocycles. The Bertz CT molecular complexity index is 180. The van der Waals surface area contributed by atoms with Gasteiger partial charge in [-0.05, 0) is 30.6 Å². The van der Waals surface area contributed by atoms with Crippen LogP contribution in [0.1, 0.15) is 60.3 Å². The molecule has 0 aromatic heterocycles. The van der Waals surface area contributed by atoms with Gasteiger partial charge in [-0.15, -0.1) is 0 Å². The third kappa shape index (κ3) is 4.14. The Morgan fingerprint density at radius 1 is 1.20 bits per heavy atom. The molecule has 1 saturated carbocycles. The van der Waals surface area contributed by atoms with Crippen molar-refractivity contribution in [1.82, 2.24) is 5.32 Å². The predicted molar refractivity (Wildman–Crippen MR) is 68.0 cm³/mol. The van der Waals surface area contributed by atoms with Gasteiger partial charge in [-0.25, -0.2) is 0 Å². The highest BCUT2D eigenvalue weighted by molar-refractivity contribution is 4.79. The molecule has 1 unspecified atom stereocenters. The van der Waals surface area contributed by atoms with Gasteiger partial charge in [-0.1, -0.05) is 47.0 Å². The minimum absolute atomic E-state index is 0.424. The fraction of sp³-hybridized carbons (Fsp3) is 1.00. The van der Waals surface area contributed by atoms with E-state index in [0.29, 0.717) is 11.5 Å². The van der Waals surface area contributed by atoms with Crippen LogP contribution in [0.2, 0.25) is 0 Å². The Labute approximate surface area is 96.0 Å². The normalized spacial score (nSPS) is 20.4. The van der Waals surface area contributed by atoms with Gasteiger partial charge >= 0.3 is 0 Å². The molecular weight excluding hydrogens is 182 g/mol. The molecule has 1 nitrogen and oxygen atoms in total. The van der Waals surface area contributed by atoms with Crippen LogP contribution in [0, 0.1) is 17.3 Å². The first-order valence-electron chi connectivity index (χ1n) is 6.65. The highest BCUT2D eigenvalue weighted by Crippen LogP contribution is 2.31. The molecule has 0 heterocycles. The van der Waals surface area contributed by atoms with Gasteiger partial charge in [-0.2, -0.15) is 0 Å². The first kappa shape index (κ1) is 13.0. The van der Waals surface area contributed by atoms with E-state index in [1.165, 1.54) is 25.7 Å². The zero-order valence-electron chi connectivity index (χ0n) is 11.3. The van der Waals surface area contributed by atoms with E-state index in [0.717, 1.165) is 18.4 Å². The van der Waals surface area contributed by atoms with Crippen LogP contribution in [-0.2, 0) is 0 Å². The van der Waals surface area contributed by atoms with Crippen LogP contribution in [0.3, 0.4) is 0 Å². The van der Waals surface area contributed by atoms with Crippen LogP contribution in [-0.4, -0.2) is 12.6 Å². The molecule has 1 aliphatic carbocycles. The summed E-state index contributed by atoms with van der Waals surface area (Å²) >= 11 is 0. The van der Waals surface area contributed by atoms with Gasteiger partial charge in [0.15, 0.2) is 0 Å². The van der Waals surface area contributed by atoms with Crippen LogP contribution in [0.4, 0.5) is 0 Å². The molecule has 0 saturated heterocycles. The average molecular weight is 211 g/mol. The standard InChI is InChI=1S/C14H29N/c1-11(2)14(4,5)10-15-12(3)9-13-7-6-8-13/h11-13,15H,6-10H2,1-5H3. The van der Waals surface area contributed by atoms with Crippen molar-refractivity contribution in [2.45, 2.75) is 66.3 Å². The molecule has 0 bridgehead atoms. The third-order valence-corrected chi connectivity index (χ3v) is 4.38. The van der Waals surface area contributed by atoms with Crippen LogP contribution in [0.15, 0.2) is 0 Å². The van der Waals surface area contributed by atoms with Crippen LogP contribution in [0.25, 0.3) is 0 Å².